The second-order valence-corrected chi connectivity index (χ2v) is 7.49. The van der Waals surface area contributed by atoms with Crippen LogP contribution in [0.3, 0.4) is 0 Å². The van der Waals surface area contributed by atoms with E-state index in [1.54, 1.807) is 24.3 Å². The highest BCUT2D eigenvalue weighted by molar-refractivity contribution is 9.10. The van der Waals surface area contributed by atoms with Crippen molar-refractivity contribution in [2.24, 2.45) is 0 Å². The molecule has 0 aliphatic heterocycles. The molecule has 0 heterocycles. The zero-order chi connectivity index (χ0) is 16.3. The van der Waals surface area contributed by atoms with Crippen LogP contribution in [0.25, 0.3) is 0 Å². The van der Waals surface area contributed by atoms with E-state index in [0.29, 0.717) is 5.69 Å². The quantitative estimate of drug-likeness (QED) is 0.851. The number of hydrogen-bond acceptors (Lipinski definition) is 3. The Balaban J connectivity index is 2.12. The maximum absolute atomic E-state index is 12.1. The number of amides is 2. The summed E-state index contributed by atoms with van der Waals surface area (Å²) < 4.78 is 27.0. The Morgan fingerprint density at radius 1 is 1.00 bits per heavy atom. The number of halogens is 1. The van der Waals surface area contributed by atoms with E-state index in [0.717, 1.165) is 15.6 Å². The first kappa shape index (κ1) is 16.5. The van der Waals surface area contributed by atoms with Crippen LogP contribution in [0.15, 0.2) is 51.8 Å². The SMILES string of the molecule is Cc1ccc(S(=O)(=O)NC(=O)Nc2cc(C)cc(Br)c2)cc1. The van der Waals surface area contributed by atoms with Crippen LogP contribution in [0.5, 0.6) is 0 Å². The lowest BCUT2D eigenvalue weighted by molar-refractivity contribution is 0.256. The molecule has 2 N–H and O–H groups in total. The number of nitrogens with one attached hydrogen (secondary N) is 2. The zero-order valence-corrected chi connectivity index (χ0v) is 14.5. The third-order valence-electron chi connectivity index (χ3n) is 2.86. The fourth-order valence-electron chi connectivity index (χ4n) is 1.86. The monoisotopic (exact) mass is 382 g/mol. The molecule has 7 heteroatoms. The van der Waals surface area contributed by atoms with E-state index >= 15 is 0 Å². The zero-order valence-electron chi connectivity index (χ0n) is 12.1. The largest absolute Gasteiger partial charge is 0.333 e. The van der Waals surface area contributed by atoms with Gasteiger partial charge in [0.05, 0.1) is 4.90 Å². The standard InChI is InChI=1S/C15H15BrN2O3S/c1-10-3-5-14(6-4-10)22(20,21)18-15(19)17-13-8-11(2)7-12(16)9-13/h3-9H,1-2H3,(H2,17,18,19). The number of sulfonamides is 1. The lowest BCUT2D eigenvalue weighted by atomic mass is 10.2. The molecule has 0 unspecified atom stereocenters. The molecule has 0 aliphatic rings. The molecule has 0 radical (unpaired) electrons. The van der Waals surface area contributed by atoms with Gasteiger partial charge in [-0.1, -0.05) is 33.6 Å². The molecule has 0 saturated heterocycles. The Hall–Kier alpha value is -1.86. The van der Waals surface area contributed by atoms with Crippen molar-refractivity contribution in [3.8, 4) is 0 Å². The Bertz CT molecular complexity index is 782. The van der Waals surface area contributed by atoms with Crippen LogP contribution in [0, 0.1) is 13.8 Å². The molecular weight excluding hydrogens is 368 g/mol. The third kappa shape index (κ3) is 4.32. The lowest BCUT2D eigenvalue weighted by Crippen LogP contribution is -2.34. The first-order chi connectivity index (χ1) is 10.3. The molecule has 0 bridgehead atoms. The van der Waals surface area contributed by atoms with Gasteiger partial charge in [0.15, 0.2) is 0 Å². The van der Waals surface area contributed by atoms with E-state index in [4.69, 9.17) is 0 Å². The molecule has 0 fully saturated rings. The Kier molecular flexibility index (Phi) is 4.87. The van der Waals surface area contributed by atoms with Crippen LogP contribution in [-0.4, -0.2) is 14.4 Å². The van der Waals surface area contributed by atoms with Gasteiger partial charge in [0.2, 0.25) is 0 Å². The minimum Gasteiger partial charge on any atom is -0.307 e. The maximum Gasteiger partial charge on any atom is 0.333 e. The maximum atomic E-state index is 12.1. The Labute approximate surface area is 137 Å². The van der Waals surface area contributed by atoms with Crippen molar-refractivity contribution in [1.29, 1.82) is 0 Å². The third-order valence-corrected chi connectivity index (χ3v) is 4.66. The molecule has 2 aromatic rings. The first-order valence-electron chi connectivity index (χ1n) is 6.44. The molecule has 0 atom stereocenters. The van der Waals surface area contributed by atoms with Gasteiger partial charge in [-0.05, 0) is 49.7 Å². The second-order valence-electron chi connectivity index (χ2n) is 4.89. The second kappa shape index (κ2) is 6.50. The molecule has 0 aliphatic carbocycles. The van der Waals surface area contributed by atoms with Crippen molar-refractivity contribution < 1.29 is 13.2 Å². The molecule has 2 aromatic carbocycles. The average molecular weight is 383 g/mol. The van der Waals surface area contributed by atoms with Gasteiger partial charge in [-0.3, -0.25) is 0 Å². The van der Waals surface area contributed by atoms with Crippen molar-refractivity contribution in [2.45, 2.75) is 18.7 Å². The van der Waals surface area contributed by atoms with E-state index in [2.05, 4.69) is 21.2 Å². The molecule has 5 nitrogen and oxygen atoms in total. The van der Waals surface area contributed by atoms with Gasteiger partial charge < -0.3 is 5.32 Å². The number of anilines is 1. The Morgan fingerprint density at radius 3 is 2.23 bits per heavy atom. The summed E-state index contributed by atoms with van der Waals surface area (Å²) in [5, 5.41) is 2.50. The molecule has 22 heavy (non-hydrogen) atoms. The Morgan fingerprint density at radius 2 is 1.64 bits per heavy atom. The van der Waals surface area contributed by atoms with Crippen LogP contribution in [0.1, 0.15) is 11.1 Å². The molecule has 0 aromatic heterocycles. The number of urea groups is 1. The summed E-state index contributed by atoms with van der Waals surface area (Å²) in [4.78, 5) is 11.9. The lowest BCUT2D eigenvalue weighted by Gasteiger charge is -2.10. The van der Waals surface area contributed by atoms with Crippen LogP contribution in [0.2, 0.25) is 0 Å². The van der Waals surface area contributed by atoms with Gasteiger partial charge >= 0.3 is 6.03 Å². The summed E-state index contributed by atoms with van der Waals surface area (Å²) in [6, 6.07) is 10.7. The topological polar surface area (TPSA) is 75.3 Å². The van der Waals surface area contributed by atoms with Crippen molar-refractivity contribution in [1.82, 2.24) is 4.72 Å². The van der Waals surface area contributed by atoms with Gasteiger partial charge in [0, 0.05) is 10.2 Å². The van der Waals surface area contributed by atoms with Crippen molar-refractivity contribution in [3.63, 3.8) is 0 Å². The smallest absolute Gasteiger partial charge is 0.307 e. The van der Waals surface area contributed by atoms with Gasteiger partial charge in [-0.2, -0.15) is 0 Å². The molecule has 2 amide bonds. The summed E-state index contributed by atoms with van der Waals surface area (Å²) in [5.74, 6) is 0. The first-order valence-corrected chi connectivity index (χ1v) is 8.71. The summed E-state index contributed by atoms with van der Waals surface area (Å²) in [6.45, 7) is 3.73. The van der Waals surface area contributed by atoms with Gasteiger partial charge in [0.25, 0.3) is 10.0 Å². The highest BCUT2D eigenvalue weighted by atomic mass is 79.9. The molecule has 2 rings (SSSR count). The normalized spacial score (nSPS) is 11.0. The van der Waals surface area contributed by atoms with Crippen LogP contribution < -0.4 is 10.0 Å². The number of hydrogen-bond donors (Lipinski definition) is 2. The summed E-state index contributed by atoms with van der Waals surface area (Å²) in [7, 11) is -3.89. The van der Waals surface area contributed by atoms with Gasteiger partial charge in [0.1, 0.15) is 0 Å². The highest BCUT2D eigenvalue weighted by Crippen LogP contribution is 2.19. The van der Waals surface area contributed by atoms with E-state index in [1.165, 1.54) is 12.1 Å². The van der Waals surface area contributed by atoms with E-state index in [9.17, 15) is 13.2 Å². The fraction of sp³-hybridized carbons (Fsp3) is 0.133. The van der Waals surface area contributed by atoms with Crippen LogP contribution >= 0.6 is 15.9 Å². The minimum absolute atomic E-state index is 0.0404. The summed E-state index contributed by atoms with van der Waals surface area (Å²) >= 11 is 3.32. The van der Waals surface area contributed by atoms with Crippen LogP contribution in [0.4, 0.5) is 10.5 Å². The summed E-state index contributed by atoms with van der Waals surface area (Å²) in [6.07, 6.45) is 0. The number of benzene rings is 2. The number of rotatable bonds is 3. The number of carbonyl (C=O) groups is 1. The van der Waals surface area contributed by atoms with E-state index in [1.807, 2.05) is 24.6 Å². The van der Waals surface area contributed by atoms with E-state index < -0.39 is 16.1 Å². The molecular formula is C15H15BrN2O3S. The summed E-state index contributed by atoms with van der Waals surface area (Å²) in [5.41, 5.74) is 2.38. The predicted octanol–water partition coefficient (Wildman–Crippen LogP) is 3.58. The molecule has 116 valence electrons. The van der Waals surface area contributed by atoms with Crippen molar-refractivity contribution in [3.05, 3.63) is 58.1 Å². The van der Waals surface area contributed by atoms with Gasteiger partial charge in [-0.15, -0.1) is 0 Å². The van der Waals surface area contributed by atoms with Crippen molar-refractivity contribution >= 4 is 37.7 Å². The van der Waals surface area contributed by atoms with Crippen LogP contribution in [-0.2, 0) is 10.0 Å². The predicted molar refractivity (Wildman–Crippen MR) is 89.4 cm³/mol. The van der Waals surface area contributed by atoms with Gasteiger partial charge in [-0.25, -0.2) is 17.9 Å². The highest BCUT2D eigenvalue weighted by Gasteiger charge is 2.17. The fourth-order valence-corrected chi connectivity index (χ4v) is 3.38. The molecule has 0 spiro atoms. The molecule has 0 saturated carbocycles. The van der Waals surface area contributed by atoms with E-state index in [-0.39, 0.29) is 4.90 Å². The van der Waals surface area contributed by atoms with Crippen molar-refractivity contribution in [2.75, 3.05) is 5.32 Å². The number of carbonyl (C=O) groups excluding carboxylic acids is 1. The minimum atomic E-state index is -3.89. The average Bonchev–Trinajstić information content (AvgIpc) is 2.36. The number of aryl methyl sites for hydroxylation is 2.